The molecule has 1 aliphatic carbocycles. The summed E-state index contributed by atoms with van der Waals surface area (Å²) in [7, 11) is 3.36. The van der Waals surface area contributed by atoms with Gasteiger partial charge in [-0.25, -0.2) is 9.37 Å². The van der Waals surface area contributed by atoms with E-state index in [4.69, 9.17) is 16.2 Å². The molecule has 0 aliphatic heterocycles. The highest BCUT2D eigenvalue weighted by Crippen LogP contribution is 2.34. The smallest absolute Gasteiger partial charge is 0.252 e. The average molecular weight is 442 g/mol. The first-order chi connectivity index (χ1) is 15.3. The highest BCUT2D eigenvalue weighted by molar-refractivity contribution is 5.99. The molecule has 0 saturated heterocycles. The Bertz CT molecular complexity index is 1160. The standard InChI is InChI=1S/C22H28FN7O2/c1-11(24)18(12-5-4-6-12)27-21-16(23)10-15(19(25)31)20(28-21)26-13-7-8-17-14(9-13)22(32-3)29-30(17)2/h7-12,18H,4-6,24H2,1-3H3,(H2,25,31)(H2,26,27,28)/t11-,18-/m0/s1. The van der Waals surface area contributed by atoms with Gasteiger partial charge in [0.05, 0.1) is 23.6 Å². The van der Waals surface area contributed by atoms with Crippen LogP contribution in [0.25, 0.3) is 10.9 Å². The van der Waals surface area contributed by atoms with Gasteiger partial charge in [0, 0.05) is 24.8 Å². The van der Waals surface area contributed by atoms with Crippen LogP contribution in [-0.2, 0) is 7.05 Å². The largest absolute Gasteiger partial charge is 0.479 e. The molecule has 0 spiro atoms. The van der Waals surface area contributed by atoms with Crippen molar-refractivity contribution in [2.75, 3.05) is 17.7 Å². The number of pyridine rings is 1. The van der Waals surface area contributed by atoms with Crippen molar-refractivity contribution in [3.05, 3.63) is 35.6 Å². The summed E-state index contributed by atoms with van der Waals surface area (Å²) in [6.07, 6.45) is 3.22. The third-order valence-electron chi connectivity index (χ3n) is 6.04. The van der Waals surface area contributed by atoms with E-state index in [0.717, 1.165) is 36.2 Å². The van der Waals surface area contributed by atoms with Crippen LogP contribution in [0.3, 0.4) is 0 Å². The van der Waals surface area contributed by atoms with Crippen LogP contribution in [0.2, 0.25) is 0 Å². The molecule has 0 bridgehead atoms. The molecule has 0 radical (unpaired) electrons. The lowest BCUT2D eigenvalue weighted by Gasteiger charge is -2.37. The van der Waals surface area contributed by atoms with Gasteiger partial charge in [-0.1, -0.05) is 6.42 Å². The van der Waals surface area contributed by atoms with E-state index < -0.39 is 11.7 Å². The highest BCUT2D eigenvalue weighted by Gasteiger charge is 2.31. The Morgan fingerprint density at radius 1 is 1.31 bits per heavy atom. The monoisotopic (exact) mass is 441 g/mol. The van der Waals surface area contributed by atoms with Gasteiger partial charge in [-0.2, -0.15) is 0 Å². The van der Waals surface area contributed by atoms with Crippen LogP contribution in [-0.4, -0.2) is 39.9 Å². The van der Waals surface area contributed by atoms with Gasteiger partial charge in [0.25, 0.3) is 5.91 Å². The summed E-state index contributed by atoms with van der Waals surface area (Å²) >= 11 is 0. The Morgan fingerprint density at radius 3 is 2.66 bits per heavy atom. The summed E-state index contributed by atoms with van der Waals surface area (Å²) < 4.78 is 21.9. The summed E-state index contributed by atoms with van der Waals surface area (Å²) in [6, 6.07) is 6.29. The molecule has 32 heavy (non-hydrogen) atoms. The van der Waals surface area contributed by atoms with Crippen LogP contribution in [0.1, 0.15) is 36.5 Å². The number of anilines is 3. The summed E-state index contributed by atoms with van der Waals surface area (Å²) in [5.41, 5.74) is 13.1. The number of rotatable bonds is 8. The zero-order valence-corrected chi connectivity index (χ0v) is 18.4. The summed E-state index contributed by atoms with van der Waals surface area (Å²) in [5, 5.41) is 11.3. The number of primary amides is 1. The molecule has 4 rings (SSSR count). The predicted octanol–water partition coefficient (Wildman–Crippen LogP) is 2.89. The first kappa shape index (κ1) is 21.8. The number of carbonyl (C=O) groups is 1. The molecule has 10 heteroatoms. The van der Waals surface area contributed by atoms with Crippen molar-refractivity contribution < 1.29 is 13.9 Å². The van der Waals surface area contributed by atoms with Crippen LogP contribution in [0.5, 0.6) is 5.88 Å². The Hall–Kier alpha value is -3.40. The second-order valence-electron chi connectivity index (χ2n) is 8.29. The molecule has 2 heterocycles. The summed E-state index contributed by atoms with van der Waals surface area (Å²) in [6.45, 7) is 1.89. The third-order valence-corrected chi connectivity index (χ3v) is 6.04. The van der Waals surface area contributed by atoms with Crippen LogP contribution in [0.4, 0.5) is 21.7 Å². The molecule has 1 aliphatic rings. The maximum absolute atomic E-state index is 14.8. The molecular weight excluding hydrogens is 413 g/mol. The minimum atomic E-state index is -0.784. The maximum atomic E-state index is 14.8. The Kier molecular flexibility index (Phi) is 5.88. The molecule has 1 aromatic carbocycles. The Morgan fingerprint density at radius 2 is 2.06 bits per heavy atom. The quantitative estimate of drug-likeness (QED) is 0.422. The maximum Gasteiger partial charge on any atom is 0.252 e. The van der Waals surface area contributed by atoms with Crippen LogP contribution in [0, 0.1) is 11.7 Å². The average Bonchev–Trinajstić information content (AvgIpc) is 3.03. The number of ether oxygens (including phenoxy) is 1. The number of nitrogens with two attached hydrogens (primary N) is 2. The van der Waals surface area contributed by atoms with Crippen LogP contribution < -0.4 is 26.8 Å². The van der Waals surface area contributed by atoms with Gasteiger partial charge in [0.1, 0.15) is 5.82 Å². The number of hydrogen-bond donors (Lipinski definition) is 4. The minimum Gasteiger partial charge on any atom is -0.479 e. The van der Waals surface area contributed by atoms with Crippen molar-refractivity contribution in [2.45, 2.75) is 38.3 Å². The van der Waals surface area contributed by atoms with E-state index in [9.17, 15) is 9.18 Å². The van der Waals surface area contributed by atoms with Gasteiger partial charge in [0.15, 0.2) is 11.6 Å². The molecule has 3 aromatic rings. The molecule has 6 N–H and O–H groups in total. The van der Waals surface area contributed by atoms with Gasteiger partial charge in [-0.3, -0.25) is 9.48 Å². The van der Waals surface area contributed by atoms with Gasteiger partial charge in [-0.05, 0) is 49.9 Å². The molecule has 2 aromatic heterocycles. The Labute approximate surface area is 185 Å². The summed E-state index contributed by atoms with van der Waals surface area (Å²) in [4.78, 5) is 16.4. The molecule has 0 unspecified atom stereocenters. The number of aryl methyl sites for hydroxylation is 1. The Balaban J connectivity index is 1.70. The second-order valence-corrected chi connectivity index (χ2v) is 8.29. The van der Waals surface area contributed by atoms with E-state index >= 15 is 0 Å². The number of methoxy groups -OCH3 is 1. The molecule has 1 saturated carbocycles. The number of fused-ring (bicyclic) bond motifs is 1. The van der Waals surface area contributed by atoms with Crippen LogP contribution >= 0.6 is 0 Å². The fourth-order valence-corrected chi connectivity index (χ4v) is 4.11. The number of hydrogen-bond acceptors (Lipinski definition) is 7. The van der Waals surface area contributed by atoms with Crippen molar-refractivity contribution in [2.24, 2.45) is 24.4 Å². The fourth-order valence-electron chi connectivity index (χ4n) is 4.11. The lowest BCUT2D eigenvalue weighted by atomic mass is 9.77. The number of benzene rings is 1. The van der Waals surface area contributed by atoms with E-state index in [1.165, 1.54) is 0 Å². The lowest BCUT2D eigenvalue weighted by molar-refractivity contribution is 0.100. The topological polar surface area (TPSA) is 133 Å². The first-order valence-electron chi connectivity index (χ1n) is 10.6. The van der Waals surface area contributed by atoms with E-state index in [2.05, 4.69) is 20.7 Å². The first-order valence-corrected chi connectivity index (χ1v) is 10.6. The fraction of sp³-hybridized carbons (Fsp3) is 0.409. The van der Waals surface area contributed by atoms with Crippen molar-refractivity contribution >= 4 is 34.1 Å². The number of carbonyl (C=O) groups excluding carboxylic acids is 1. The van der Waals surface area contributed by atoms with Gasteiger partial charge in [-0.15, -0.1) is 5.10 Å². The van der Waals surface area contributed by atoms with Crippen molar-refractivity contribution in [1.29, 1.82) is 0 Å². The van der Waals surface area contributed by atoms with E-state index in [1.54, 1.807) is 11.8 Å². The highest BCUT2D eigenvalue weighted by atomic mass is 19.1. The number of nitrogens with zero attached hydrogens (tertiary/aromatic N) is 3. The molecule has 2 atom stereocenters. The molecular formula is C22H28FN7O2. The van der Waals surface area contributed by atoms with Gasteiger partial charge < -0.3 is 26.8 Å². The predicted molar refractivity (Wildman–Crippen MR) is 122 cm³/mol. The van der Waals surface area contributed by atoms with Crippen molar-refractivity contribution in [3.63, 3.8) is 0 Å². The lowest BCUT2D eigenvalue weighted by Crippen LogP contribution is -2.46. The number of halogens is 1. The summed E-state index contributed by atoms with van der Waals surface area (Å²) in [5.74, 6) is -0.417. The zero-order valence-electron chi connectivity index (χ0n) is 18.4. The number of aromatic nitrogens is 3. The van der Waals surface area contributed by atoms with E-state index in [1.807, 2.05) is 32.2 Å². The third kappa shape index (κ3) is 4.05. The van der Waals surface area contributed by atoms with Gasteiger partial charge in [0.2, 0.25) is 5.88 Å². The van der Waals surface area contributed by atoms with Gasteiger partial charge >= 0.3 is 0 Å². The number of nitrogens with one attached hydrogen (secondary N) is 2. The van der Waals surface area contributed by atoms with E-state index in [0.29, 0.717) is 17.5 Å². The molecule has 1 fully saturated rings. The molecule has 1 amide bonds. The van der Waals surface area contributed by atoms with E-state index in [-0.39, 0.29) is 29.3 Å². The van der Waals surface area contributed by atoms with Crippen molar-refractivity contribution in [1.82, 2.24) is 14.8 Å². The second kappa shape index (κ2) is 8.62. The molecule has 170 valence electrons. The minimum absolute atomic E-state index is 0.0340. The number of amides is 1. The van der Waals surface area contributed by atoms with Crippen LogP contribution in [0.15, 0.2) is 24.3 Å². The zero-order chi connectivity index (χ0) is 23.0. The normalized spacial score (nSPS) is 15.8. The SMILES string of the molecule is COc1nn(C)c2ccc(Nc3nc(N[C@H](C4CCC4)[C@H](C)N)c(F)cc3C(N)=O)cc12. The van der Waals surface area contributed by atoms with Crippen molar-refractivity contribution in [3.8, 4) is 5.88 Å². The molecule has 9 nitrogen and oxygen atoms in total.